The van der Waals surface area contributed by atoms with Crippen LogP contribution in [-0.4, -0.2) is 22.7 Å². The van der Waals surface area contributed by atoms with Crippen LogP contribution in [0.1, 0.15) is 122 Å². The first kappa shape index (κ1) is 32.8. The van der Waals surface area contributed by atoms with Gasteiger partial charge in [-0.3, -0.25) is 0 Å². The van der Waals surface area contributed by atoms with Gasteiger partial charge < -0.3 is 4.74 Å². The van der Waals surface area contributed by atoms with Crippen LogP contribution in [0.2, 0.25) is 0 Å². The van der Waals surface area contributed by atoms with E-state index in [2.05, 4.69) is 48.1 Å². The Morgan fingerprint density at radius 3 is 1.68 bits per heavy atom. The van der Waals surface area contributed by atoms with Crippen LogP contribution in [-0.2, 0) is 6.42 Å². The van der Waals surface area contributed by atoms with E-state index in [1.165, 1.54) is 89.0 Å². The lowest BCUT2D eigenvalue weighted by molar-refractivity contribution is 0.184. The lowest BCUT2D eigenvalue weighted by Gasteiger charge is -2.11. The summed E-state index contributed by atoms with van der Waals surface area (Å²) in [6, 6.07) is 16.5. The molecule has 0 aliphatic carbocycles. The molecule has 0 saturated carbocycles. The molecular weight excluding hydrogens is 507 g/mol. The van der Waals surface area contributed by atoms with Crippen LogP contribution in [0.25, 0.3) is 22.5 Å². The van der Waals surface area contributed by atoms with Crippen LogP contribution >= 0.6 is 0 Å². The molecule has 0 radical (unpaired) electrons. The standard InChI is InChI=1S/C37H53FN2O/c1-3-5-7-9-11-12-13-14-16-18-31-20-22-32(23-21-31)34-28-39-37(40-29-34)33-24-26-36(27-25-33)41-30-35(38)19-17-15-10-8-6-4-2/h20-29,35H,3-19,30H2,1-2H3. The summed E-state index contributed by atoms with van der Waals surface area (Å²) in [5.41, 5.74) is 4.47. The van der Waals surface area contributed by atoms with E-state index in [-0.39, 0.29) is 6.61 Å². The number of rotatable bonds is 22. The lowest BCUT2D eigenvalue weighted by atomic mass is 10.0. The zero-order valence-electron chi connectivity index (χ0n) is 25.8. The summed E-state index contributed by atoms with van der Waals surface area (Å²) in [5, 5.41) is 0. The van der Waals surface area contributed by atoms with E-state index < -0.39 is 6.17 Å². The number of alkyl halides is 1. The number of unbranched alkanes of at least 4 members (excludes halogenated alkanes) is 13. The summed E-state index contributed by atoms with van der Waals surface area (Å²) < 4.78 is 19.9. The number of halogens is 1. The molecule has 4 heteroatoms. The van der Waals surface area contributed by atoms with E-state index in [4.69, 9.17) is 4.74 Å². The van der Waals surface area contributed by atoms with Crippen molar-refractivity contribution in [3.63, 3.8) is 0 Å². The summed E-state index contributed by atoms with van der Waals surface area (Å²) in [4.78, 5) is 9.20. The quantitative estimate of drug-likeness (QED) is 0.115. The Labute approximate surface area is 249 Å². The maximum atomic E-state index is 14.2. The molecule has 1 unspecified atom stereocenters. The molecule has 0 bridgehead atoms. The molecule has 3 aromatic rings. The number of benzene rings is 2. The zero-order chi connectivity index (χ0) is 29.0. The second-order valence-corrected chi connectivity index (χ2v) is 11.6. The zero-order valence-corrected chi connectivity index (χ0v) is 25.8. The van der Waals surface area contributed by atoms with Crippen LogP contribution in [0.4, 0.5) is 4.39 Å². The first-order valence-electron chi connectivity index (χ1n) is 16.5. The molecule has 0 spiro atoms. The lowest BCUT2D eigenvalue weighted by Crippen LogP contribution is -2.12. The van der Waals surface area contributed by atoms with Gasteiger partial charge in [-0.1, -0.05) is 128 Å². The Morgan fingerprint density at radius 2 is 1.10 bits per heavy atom. The van der Waals surface area contributed by atoms with Gasteiger partial charge in [-0.25, -0.2) is 14.4 Å². The van der Waals surface area contributed by atoms with Crippen molar-refractivity contribution in [3.05, 3.63) is 66.5 Å². The molecule has 0 fully saturated rings. The molecule has 1 heterocycles. The van der Waals surface area contributed by atoms with Crippen molar-refractivity contribution in [2.24, 2.45) is 0 Å². The molecule has 41 heavy (non-hydrogen) atoms. The van der Waals surface area contributed by atoms with E-state index in [1.807, 2.05) is 36.7 Å². The molecule has 1 atom stereocenters. The van der Waals surface area contributed by atoms with E-state index in [0.29, 0.717) is 18.0 Å². The second kappa shape index (κ2) is 20.2. The number of aromatic nitrogens is 2. The Kier molecular flexibility index (Phi) is 16.1. The number of hydrogen-bond acceptors (Lipinski definition) is 3. The van der Waals surface area contributed by atoms with E-state index >= 15 is 0 Å². The van der Waals surface area contributed by atoms with Crippen molar-refractivity contribution < 1.29 is 9.13 Å². The Hall–Kier alpha value is -2.75. The normalized spacial score (nSPS) is 12.0. The van der Waals surface area contributed by atoms with Crippen molar-refractivity contribution in [1.82, 2.24) is 9.97 Å². The van der Waals surface area contributed by atoms with Gasteiger partial charge in [-0.2, -0.15) is 0 Å². The first-order valence-corrected chi connectivity index (χ1v) is 16.5. The maximum Gasteiger partial charge on any atom is 0.159 e. The van der Waals surface area contributed by atoms with Crippen LogP contribution in [0.15, 0.2) is 60.9 Å². The van der Waals surface area contributed by atoms with Crippen LogP contribution in [0.5, 0.6) is 5.75 Å². The predicted molar refractivity (Wildman–Crippen MR) is 172 cm³/mol. The fourth-order valence-corrected chi connectivity index (χ4v) is 5.25. The summed E-state index contributed by atoms with van der Waals surface area (Å²) >= 11 is 0. The molecule has 3 nitrogen and oxygen atoms in total. The van der Waals surface area contributed by atoms with Crippen LogP contribution in [0, 0.1) is 0 Å². The predicted octanol–water partition coefficient (Wildman–Crippen LogP) is 11.4. The molecular formula is C37H53FN2O. The van der Waals surface area contributed by atoms with Gasteiger partial charge in [0.1, 0.15) is 18.5 Å². The maximum absolute atomic E-state index is 14.2. The third-order valence-electron chi connectivity index (χ3n) is 7.92. The minimum atomic E-state index is -0.916. The second-order valence-electron chi connectivity index (χ2n) is 11.6. The Balaban J connectivity index is 1.36. The Morgan fingerprint density at radius 1 is 0.585 bits per heavy atom. The molecule has 224 valence electrons. The summed E-state index contributed by atoms with van der Waals surface area (Å²) in [6.07, 6.45) is 23.9. The fraction of sp³-hybridized carbons (Fsp3) is 0.568. The van der Waals surface area contributed by atoms with Crippen molar-refractivity contribution in [2.45, 2.75) is 129 Å². The average molecular weight is 561 g/mol. The van der Waals surface area contributed by atoms with Crippen molar-refractivity contribution in [2.75, 3.05) is 6.61 Å². The fourth-order valence-electron chi connectivity index (χ4n) is 5.25. The van der Waals surface area contributed by atoms with Gasteiger partial charge in [0.25, 0.3) is 0 Å². The molecule has 0 aliphatic heterocycles. The third kappa shape index (κ3) is 13.2. The topological polar surface area (TPSA) is 35.0 Å². The number of aryl methyl sites for hydroxylation is 1. The highest BCUT2D eigenvalue weighted by Gasteiger charge is 2.09. The highest BCUT2D eigenvalue weighted by atomic mass is 19.1. The number of nitrogens with zero attached hydrogens (tertiary/aromatic N) is 2. The molecule has 0 saturated heterocycles. The number of ether oxygens (including phenoxy) is 1. The molecule has 0 aliphatic rings. The largest absolute Gasteiger partial charge is 0.491 e. The van der Waals surface area contributed by atoms with Crippen LogP contribution in [0.3, 0.4) is 0 Å². The highest BCUT2D eigenvalue weighted by molar-refractivity contribution is 5.64. The minimum Gasteiger partial charge on any atom is -0.491 e. The van der Waals surface area contributed by atoms with Crippen molar-refractivity contribution >= 4 is 0 Å². The summed E-state index contributed by atoms with van der Waals surface area (Å²) in [5.74, 6) is 1.35. The van der Waals surface area contributed by atoms with Gasteiger partial charge in [0.15, 0.2) is 5.82 Å². The summed E-state index contributed by atoms with van der Waals surface area (Å²) in [7, 11) is 0. The van der Waals surface area contributed by atoms with Gasteiger partial charge >= 0.3 is 0 Å². The molecule has 1 aromatic heterocycles. The monoisotopic (exact) mass is 560 g/mol. The highest BCUT2D eigenvalue weighted by Crippen LogP contribution is 2.24. The van der Waals surface area contributed by atoms with Crippen molar-refractivity contribution in [3.8, 4) is 28.3 Å². The third-order valence-corrected chi connectivity index (χ3v) is 7.92. The molecule has 0 N–H and O–H groups in total. The van der Waals surface area contributed by atoms with Gasteiger partial charge in [-0.15, -0.1) is 0 Å². The molecule has 0 amide bonds. The SMILES string of the molecule is CCCCCCCCCCCc1ccc(-c2cnc(-c3ccc(OCC(F)CCCCCCCC)cc3)nc2)cc1. The first-order chi connectivity index (χ1) is 20.2. The molecule has 2 aromatic carbocycles. The van der Waals surface area contributed by atoms with Gasteiger partial charge in [0.05, 0.1) is 0 Å². The smallest absolute Gasteiger partial charge is 0.159 e. The molecule has 3 rings (SSSR count). The van der Waals surface area contributed by atoms with Crippen LogP contribution < -0.4 is 4.74 Å². The van der Waals surface area contributed by atoms with E-state index in [1.54, 1.807) is 0 Å². The van der Waals surface area contributed by atoms with Gasteiger partial charge in [0, 0.05) is 23.5 Å². The van der Waals surface area contributed by atoms with Gasteiger partial charge in [0.2, 0.25) is 0 Å². The summed E-state index contributed by atoms with van der Waals surface area (Å²) in [6.45, 7) is 4.60. The van der Waals surface area contributed by atoms with Crippen molar-refractivity contribution in [1.29, 1.82) is 0 Å². The average Bonchev–Trinajstić information content (AvgIpc) is 3.01. The van der Waals surface area contributed by atoms with E-state index in [0.717, 1.165) is 36.0 Å². The van der Waals surface area contributed by atoms with Gasteiger partial charge in [-0.05, 0) is 54.7 Å². The minimum absolute atomic E-state index is 0.109. The Bertz CT molecular complexity index is 1050. The number of hydrogen-bond donors (Lipinski definition) is 0. The van der Waals surface area contributed by atoms with E-state index in [9.17, 15) is 4.39 Å².